The van der Waals surface area contributed by atoms with Crippen molar-refractivity contribution in [2.45, 2.75) is 38.3 Å². The third-order valence-corrected chi connectivity index (χ3v) is 7.54. The van der Waals surface area contributed by atoms with E-state index in [4.69, 9.17) is 0 Å². The van der Waals surface area contributed by atoms with Crippen molar-refractivity contribution >= 4 is 11.6 Å². The van der Waals surface area contributed by atoms with Gasteiger partial charge in [-0.2, -0.15) is 0 Å². The summed E-state index contributed by atoms with van der Waals surface area (Å²) in [5.41, 5.74) is 4.39. The van der Waals surface area contributed by atoms with Crippen LogP contribution in [0, 0.1) is 5.92 Å². The lowest BCUT2D eigenvalue weighted by atomic mass is 9.91. The summed E-state index contributed by atoms with van der Waals surface area (Å²) in [5, 5.41) is 3.25. The highest BCUT2D eigenvalue weighted by molar-refractivity contribution is 6.02. The Kier molecular flexibility index (Phi) is 6.96. The summed E-state index contributed by atoms with van der Waals surface area (Å²) in [6.07, 6.45) is 3.53. The molecule has 1 N–H and O–H groups in total. The molecule has 1 saturated heterocycles. The Morgan fingerprint density at radius 1 is 0.882 bits per heavy atom. The van der Waals surface area contributed by atoms with E-state index in [0.717, 1.165) is 42.2 Å². The molecule has 0 spiro atoms. The zero-order valence-electron chi connectivity index (χ0n) is 20.1. The largest absolute Gasteiger partial charge is 0.347 e. The number of rotatable bonds is 7. The average molecular weight is 454 g/mol. The van der Waals surface area contributed by atoms with Gasteiger partial charge in [0, 0.05) is 13.1 Å². The minimum absolute atomic E-state index is 0.0153. The summed E-state index contributed by atoms with van der Waals surface area (Å²) >= 11 is 0. The number of nitrogens with zero attached hydrogens (tertiary/aromatic N) is 2. The van der Waals surface area contributed by atoms with Crippen molar-refractivity contribution in [3.8, 4) is 0 Å². The Hall–Kier alpha value is -3.11. The molecule has 0 aliphatic carbocycles. The summed E-state index contributed by atoms with van der Waals surface area (Å²) in [5.74, 6) is 1.31. The lowest BCUT2D eigenvalue weighted by molar-refractivity contribution is 0.0925. The molecule has 0 radical (unpaired) electrons. The first-order chi connectivity index (χ1) is 16.7. The smallest absolute Gasteiger partial charge is 0.255 e. The summed E-state index contributed by atoms with van der Waals surface area (Å²) in [6.45, 7) is 6.78. The zero-order chi connectivity index (χ0) is 23.3. The van der Waals surface area contributed by atoms with E-state index < -0.39 is 0 Å². The number of likely N-dealkylation sites (tertiary alicyclic amines) is 1. The van der Waals surface area contributed by atoms with Crippen LogP contribution in [0.2, 0.25) is 0 Å². The first-order valence-electron chi connectivity index (χ1n) is 12.7. The predicted molar refractivity (Wildman–Crippen MR) is 139 cm³/mol. The molecule has 3 aromatic carbocycles. The molecular formula is C30H35N3O. The molecule has 2 unspecified atom stereocenters. The van der Waals surface area contributed by atoms with E-state index in [1.807, 2.05) is 36.4 Å². The van der Waals surface area contributed by atoms with Crippen LogP contribution in [-0.4, -0.2) is 37.0 Å². The maximum atomic E-state index is 12.8. The maximum absolute atomic E-state index is 12.8. The van der Waals surface area contributed by atoms with Crippen molar-refractivity contribution < 1.29 is 4.79 Å². The number of amides is 1. The van der Waals surface area contributed by atoms with Crippen LogP contribution < -0.4 is 10.2 Å². The van der Waals surface area contributed by atoms with E-state index in [1.54, 1.807) is 0 Å². The second-order valence-electron chi connectivity index (χ2n) is 9.84. The SMILES string of the molecule is CC(CN1CCC(CCN2c3ccccc3C(=O)NC2c2ccccc2)CC1)c1ccccc1. The second-order valence-corrected chi connectivity index (χ2v) is 9.84. The van der Waals surface area contributed by atoms with Gasteiger partial charge < -0.3 is 15.1 Å². The summed E-state index contributed by atoms with van der Waals surface area (Å²) in [7, 11) is 0. The van der Waals surface area contributed by atoms with Crippen LogP contribution in [0.25, 0.3) is 0 Å². The number of para-hydroxylation sites is 1. The van der Waals surface area contributed by atoms with E-state index >= 15 is 0 Å². The number of hydrogen-bond donors (Lipinski definition) is 1. The first-order valence-corrected chi connectivity index (χ1v) is 12.7. The Bertz CT molecular complexity index is 1080. The van der Waals surface area contributed by atoms with Crippen LogP contribution in [0.3, 0.4) is 0 Å². The third-order valence-electron chi connectivity index (χ3n) is 7.54. The van der Waals surface area contributed by atoms with Gasteiger partial charge in [-0.25, -0.2) is 0 Å². The number of piperidine rings is 1. The minimum Gasteiger partial charge on any atom is -0.347 e. The number of hydrogen-bond acceptors (Lipinski definition) is 3. The van der Waals surface area contributed by atoms with Crippen LogP contribution in [0.15, 0.2) is 84.9 Å². The Labute approximate surface area is 203 Å². The maximum Gasteiger partial charge on any atom is 0.255 e. The quantitative estimate of drug-likeness (QED) is 0.488. The van der Waals surface area contributed by atoms with Crippen molar-refractivity contribution in [2.24, 2.45) is 5.92 Å². The number of nitrogens with one attached hydrogen (secondary N) is 1. The molecule has 2 aliphatic heterocycles. The first kappa shape index (κ1) is 22.7. The summed E-state index contributed by atoms with van der Waals surface area (Å²) in [4.78, 5) is 17.8. The molecule has 0 bridgehead atoms. The van der Waals surface area contributed by atoms with Crippen molar-refractivity contribution in [1.29, 1.82) is 0 Å². The van der Waals surface area contributed by atoms with Crippen LogP contribution >= 0.6 is 0 Å². The van der Waals surface area contributed by atoms with Crippen LogP contribution in [0.1, 0.15) is 59.8 Å². The van der Waals surface area contributed by atoms with Gasteiger partial charge in [-0.15, -0.1) is 0 Å². The molecule has 2 heterocycles. The monoisotopic (exact) mass is 453 g/mol. The summed E-state index contributed by atoms with van der Waals surface area (Å²) < 4.78 is 0. The number of carbonyl (C=O) groups is 1. The number of benzene rings is 3. The van der Waals surface area contributed by atoms with Gasteiger partial charge in [0.05, 0.1) is 11.3 Å². The molecular weight excluding hydrogens is 418 g/mol. The normalized spacial score (nSPS) is 20.0. The molecule has 3 aromatic rings. The van der Waals surface area contributed by atoms with Crippen molar-refractivity contribution in [3.63, 3.8) is 0 Å². The lowest BCUT2D eigenvalue weighted by Gasteiger charge is -2.41. The number of anilines is 1. The van der Waals surface area contributed by atoms with Crippen LogP contribution in [-0.2, 0) is 0 Å². The van der Waals surface area contributed by atoms with Gasteiger partial charge in [-0.1, -0.05) is 79.7 Å². The van der Waals surface area contributed by atoms with Gasteiger partial charge in [0.2, 0.25) is 0 Å². The fourth-order valence-corrected chi connectivity index (χ4v) is 5.54. The zero-order valence-corrected chi connectivity index (χ0v) is 20.1. The summed E-state index contributed by atoms with van der Waals surface area (Å²) in [6, 6.07) is 29.2. The highest BCUT2D eigenvalue weighted by atomic mass is 16.2. The molecule has 1 amide bonds. The molecule has 4 heteroatoms. The average Bonchev–Trinajstić information content (AvgIpc) is 2.90. The predicted octanol–water partition coefficient (Wildman–Crippen LogP) is 5.84. The van der Waals surface area contributed by atoms with Gasteiger partial charge in [0.1, 0.15) is 6.17 Å². The Balaban J connectivity index is 1.21. The molecule has 2 aliphatic rings. The Morgan fingerprint density at radius 3 is 2.26 bits per heavy atom. The van der Waals surface area contributed by atoms with Gasteiger partial charge in [-0.05, 0) is 67.4 Å². The molecule has 34 heavy (non-hydrogen) atoms. The molecule has 2 atom stereocenters. The van der Waals surface area contributed by atoms with E-state index in [9.17, 15) is 4.79 Å². The van der Waals surface area contributed by atoms with Crippen molar-refractivity contribution in [3.05, 3.63) is 102 Å². The van der Waals surface area contributed by atoms with E-state index in [0.29, 0.717) is 5.92 Å². The number of fused-ring (bicyclic) bond motifs is 1. The molecule has 1 fully saturated rings. The van der Waals surface area contributed by atoms with Crippen molar-refractivity contribution in [2.75, 3.05) is 31.1 Å². The second kappa shape index (κ2) is 10.4. The molecule has 5 rings (SSSR count). The van der Waals surface area contributed by atoms with Crippen LogP contribution in [0.4, 0.5) is 5.69 Å². The lowest BCUT2D eigenvalue weighted by Crippen LogP contribution is -2.47. The van der Waals surface area contributed by atoms with Gasteiger partial charge in [0.25, 0.3) is 5.91 Å². The van der Waals surface area contributed by atoms with Gasteiger partial charge in [0.15, 0.2) is 0 Å². The van der Waals surface area contributed by atoms with E-state index in [1.165, 1.54) is 31.5 Å². The standard InChI is InChI=1S/C30H35N3O/c1-23(25-10-4-2-5-11-25)22-32-19-16-24(17-20-32)18-21-33-28-15-9-8-14-27(28)30(34)31-29(33)26-12-6-3-7-13-26/h2-15,23-24,29H,16-22H2,1H3,(H,31,34). The van der Waals surface area contributed by atoms with Crippen LogP contribution in [0.5, 0.6) is 0 Å². The highest BCUT2D eigenvalue weighted by Crippen LogP contribution is 2.34. The molecule has 0 aromatic heterocycles. The Morgan fingerprint density at radius 2 is 1.53 bits per heavy atom. The minimum atomic E-state index is -0.115. The van der Waals surface area contributed by atoms with Crippen molar-refractivity contribution in [1.82, 2.24) is 10.2 Å². The molecule has 4 nitrogen and oxygen atoms in total. The van der Waals surface area contributed by atoms with E-state index in [-0.39, 0.29) is 12.1 Å². The molecule has 0 saturated carbocycles. The van der Waals surface area contributed by atoms with Gasteiger partial charge >= 0.3 is 0 Å². The fraction of sp³-hybridized carbons (Fsp3) is 0.367. The number of carbonyl (C=O) groups excluding carboxylic acids is 1. The van der Waals surface area contributed by atoms with Gasteiger partial charge in [-0.3, -0.25) is 4.79 Å². The fourth-order valence-electron chi connectivity index (χ4n) is 5.54. The third kappa shape index (κ3) is 5.02. The highest BCUT2D eigenvalue weighted by Gasteiger charge is 2.32. The van der Waals surface area contributed by atoms with E-state index in [2.05, 4.69) is 70.6 Å². The topological polar surface area (TPSA) is 35.6 Å². The molecule has 176 valence electrons.